The summed E-state index contributed by atoms with van der Waals surface area (Å²) in [6.45, 7) is 0. The maximum absolute atomic E-state index is 8.81. The molecule has 0 rings (SSSR count). The van der Waals surface area contributed by atoms with Crippen LogP contribution < -0.4 is 5.73 Å². The smallest absolute Gasteiger partial charge is 0.194 e. The predicted octanol–water partition coefficient (Wildman–Crippen LogP) is -0.532. The molecule has 0 aliphatic carbocycles. The van der Waals surface area contributed by atoms with Gasteiger partial charge in [0.1, 0.15) is 0 Å². The van der Waals surface area contributed by atoms with Crippen LogP contribution in [-0.2, 0) is 0 Å². The Balaban J connectivity index is 0. The highest BCUT2D eigenvalue weighted by Crippen LogP contribution is 1.39. The Morgan fingerprint density at radius 1 is 1.67 bits per heavy atom. The lowest BCUT2D eigenvalue weighted by Crippen LogP contribution is -1.79. The Bertz CT molecular complexity index is 32.5. The van der Waals surface area contributed by atoms with E-state index in [0.29, 0.717) is 0 Å². The van der Waals surface area contributed by atoms with Gasteiger partial charge in [-0.1, -0.05) is 0 Å². The molecule has 4 heteroatoms. The molecular weight excluding hydrogens is 84.0 g/mol. The van der Waals surface area contributed by atoms with E-state index in [9.17, 15) is 0 Å². The molecule has 0 aromatic carbocycles. The highest BCUT2D eigenvalue weighted by molar-refractivity contribution is 3.91. The fourth-order valence-electron chi connectivity index (χ4n) is 0. The van der Waals surface area contributed by atoms with E-state index in [0.717, 1.165) is 7.05 Å². The number of hydrogen-bond acceptors (Lipinski definition) is 3. The van der Waals surface area contributed by atoms with Gasteiger partial charge in [0.15, 0.2) is 7.05 Å². The summed E-state index contributed by atoms with van der Waals surface area (Å²) in [7, 11) is 2.39. The fraction of sp³-hybridized carbons (Fsp3) is 1.00. The summed E-state index contributed by atoms with van der Waals surface area (Å²) >= 11 is 0. The first kappa shape index (κ1) is 9.03. The normalized spacial score (nSPS) is 5.17. The minimum atomic E-state index is -0.500. The van der Waals surface area contributed by atoms with Gasteiger partial charge in [-0.05, 0) is 7.05 Å². The Morgan fingerprint density at radius 2 is 1.67 bits per heavy atom. The molecule has 0 aliphatic rings. The lowest BCUT2D eigenvalue weighted by atomic mass is 11.5. The van der Waals surface area contributed by atoms with Crippen molar-refractivity contribution in [1.29, 1.82) is 0 Å². The predicted molar refractivity (Wildman–Crippen MR) is 23.0 cm³/mol. The summed E-state index contributed by atoms with van der Waals surface area (Å²) < 4.78 is 0. The van der Waals surface area contributed by atoms with Gasteiger partial charge in [-0.2, -0.15) is 0 Å². The Labute approximate surface area is 36.1 Å². The highest BCUT2D eigenvalue weighted by atomic mass is 16.6. The second-order valence-corrected chi connectivity index (χ2v) is 0.440. The average molecular weight is 92.1 g/mol. The van der Waals surface area contributed by atoms with Crippen LogP contribution in [-0.4, -0.2) is 19.0 Å². The third kappa shape index (κ3) is 45.7. The van der Waals surface area contributed by atoms with Crippen molar-refractivity contribution in [3.05, 3.63) is 10.1 Å². The van der Waals surface area contributed by atoms with Crippen molar-refractivity contribution in [2.45, 2.75) is 0 Å². The minimum absolute atomic E-state index is 0.500. The van der Waals surface area contributed by atoms with Crippen LogP contribution in [0.3, 0.4) is 0 Å². The summed E-state index contributed by atoms with van der Waals surface area (Å²) in [5.74, 6) is 0. The maximum atomic E-state index is 8.81. The van der Waals surface area contributed by atoms with Gasteiger partial charge in [-0.3, -0.25) is 10.1 Å². The molecule has 0 amide bonds. The van der Waals surface area contributed by atoms with Gasteiger partial charge in [-0.15, -0.1) is 0 Å². The molecule has 0 saturated carbocycles. The standard InChI is InChI=1S/CH3NO2.CH5N/c1-2(3)4;1-2/h1H3;2H2,1H3. The van der Waals surface area contributed by atoms with E-state index in [-0.39, 0.29) is 0 Å². The molecule has 0 spiro atoms. The van der Waals surface area contributed by atoms with Crippen molar-refractivity contribution in [3.8, 4) is 0 Å². The van der Waals surface area contributed by atoms with Crippen molar-refractivity contribution < 1.29 is 4.92 Å². The zero-order valence-corrected chi connectivity index (χ0v) is 3.84. The van der Waals surface area contributed by atoms with Gasteiger partial charge in [0.2, 0.25) is 0 Å². The van der Waals surface area contributed by atoms with Gasteiger partial charge in [0, 0.05) is 4.92 Å². The molecule has 0 bridgehead atoms. The molecule has 0 aromatic rings. The largest absolute Gasteiger partial charge is 0.333 e. The minimum Gasteiger partial charge on any atom is -0.333 e. The van der Waals surface area contributed by atoms with Gasteiger partial charge < -0.3 is 5.73 Å². The molecule has 38 valence electrons. The molecule has 0 atom stereocenters. The molecule has 2 N–H and O–H groups in total. The third-order valence-corrected chi connectivity index (χ3v) is 0. The molecule has 0 unspecified atom stereocenters. The van der Waals surface area contributed by atoms with Crippen molar-refractivity contribution in [1.82, 2.24) is 0 Å². The maximum Gasteiger partial charge on any atom is 0.194 e. The molecule has 6 heavy (non-hydrogen) atoms. The fourth-order valence-corrected chi connectivity index (χ4v) is 0. The molecule has 0 aliphatic heterocycles. The van der Waals surface area contributed by atoms with E-state index in [1.807, 2.05) is 0 Å². The lowest BCUT2D eigenvalue weighted by molar-refractivity contribution is -0.445. The van der Waals surface area contributed by atoms with Gasteiger partial charge >= 0.3 is 0 Å². The molecule has 0 heterocycles. The van der Waals surface area contributed by atoms with Crippen LogP contribution in [0.4, 0.5) is 0 Å². The average Bonchev–Trinajstić information content (AvgIpc) is 1.41. The molecular formula is C2H8N2O2. The molecule has 0 saturated heterocycles. The van der Waals surface area contributed by atoms with Crippen LogP contribution in [0.2, 0.25) is 0 Å². The topological polar surface area (TPSA) is 69.2 Å². The second kappa shape index (κ2) is 8.84. The zero-order chi connectivity index (χ0) is 5.58. The van der Waals surface area contributed by atoms with Gasteiger partial charge in [0.05, 0.1) is 0 Å². The van der Waals surface area contributed by atoms with E-state index in [2.05, 4.69) is 5.73 Å². The van der Waals surface area contributed by atoms with E-state index < -0.39 is 4.92 Å². The van der Waals surface area contributed by atoms with E-state index in [1.54, 1.807) is 0 Å². The molecule has 4 nitrogen and oxygen atoms in total. The lowest BCUT2D eigenvalue weighted by Gasteiger charge is -1.63. The van der Waals surface area contributed by atoms with Crippen molar-refractivity contribution in [3.63, 3.8) is 0 Å². The van der Waals surface area contributed by atoms with Crippen LogP contribution >= 0.6 is 0 Å². The van der Waals surface area contributed by atoms with E-state index >= 15 is 0 Å². The number of hydrogen-bond donors (Lipinski definition) is 1. The monoisotopic (exact) mass is 92.1 g/mol. The van der Waals surface area contributed by atoms with E-state index in [4.69, 9.17) is 10.1 Å². The number of rotatable bonds is 0. The van der Waals surface area contributed by atoms with Gasteiger partial charge in [0.25, 0.3) is 0 Å². The highest BCUT2D eigenvalue weighted by Gasteiger charge is 1.57. The van der Waals surface area contributed by atoms with Crippen molar-refractivity contribution >= 4 is 0 Å². The summed E-state index contributed by atoms with van der Waals surface area (Å²) in [6.07, 6.45) is 0. The SMILES string of the molecule is CN.C[N+](=O)[O-]. The summed E-state index contributed by atoms with van der Waals surface area (Å²) in [5, 5.41) is 8.81. The number of nitro groups is 1. The Morgan fingerprint density at radius 3 is 1.67 bits per heavy atom. The van der Waals surface area contributed by atoms with Crippen LogP contribution in [0, 0.1) is 10.1 Å². The second-order valence-electron chi connectivity index (χ2n) is 0.440. The number of nitrogens with zero attached hydrogens (tertiary/aromatic N) is 1. The molecule has 0 aromatic heterocycles. The zero-order valence-electron chi connectivity index (χ0n) is 3.84. The Kier molecular flexibility index (Phi) is 13.3. The van der Waals surface area contributed by atoms with Gasteiger partial charge in [-0.25, -0.2) is 0 Å². The van der Waals surface area contributed by atoms with Crippen LogP contribution in [0.1, 0.15) is 0 Å². The van der Waals surface area contributed by atoms with Crippen molar-refractivity contribution in [2.75, 3.05) is 14.1 Å². The van der Waals surface area contributed by atoms with Crippen molar-refractivity contribution in [2.24, 2.45) is 5.73 Å². The van der Waals surface area contributed by atoms with E-state index in [1.165, 1.54) is 7.05 Å². The van der Waals surface area contributed by atoms with Crippen LogP contribution in [0.5, 0.6) is 0 Å². The third-order valence-electron chi connectivity index (χ3n) is 0. The summed E-state index contributed by atoms with van der Waals surface area (Å²) in [5.41, 5.74) is 4.50. The Hall–Kier alpha value is -0.640. The quantitative estimate of drug-likeness (QED) is 0.322. The van der Waals surface area contributed by atoms with Crippen LogP contribution in [0.15, 0.2) is 0 Å². The summed E-state index contributed by atoms with van der Waals surface area (Å²) in [4.78, 5) is 8.31. The first-order valence-corrected chi connectivity index (χ1v) is 1.39. The number of nitrogens with two attached hydrogens (primary N) is 1. The van der Waals surface area contributed by atoms with Crippen LogP contribution in [0.25, 0.3) is 0 Å². The summed E-state index contributed by atoms with van der Waals surface area (Å²) in [6, 6.07) is 0. The first-order valence-electron chi connectivity index (χ1n) is 1.39. The first-order chi connectivity index (χ1) is 2.73. The molecule has 0 fully saturated rings. The molecule has 0 radical (unpaired) electrons.